The first-order valence-electron chi connectivity index (χ1n) is 9.55. The Labute approximate surface area is 158 Å². The molecule has 27 heavy (non-hydrogen) atoms. The van der Waals surface area contributed by atoms with Crippen LogP contribution in [0.25, 0.3) is 0 Å². The molecule has 0 aromatic rings. The number of carboxylic acids is 1. The van der Waals surface area contributed by atoms with Gasteiger partial charge in [0.15, 0.2) is 5.83 Å². The third kappa shape index (κ3) is 3.19. The van der Waals surface area contributed by atoms with Gasteiger partial charge in [0, 0.05) is 31.0 Å². The van der Waals surface area contributed by atoms with Crippen LogP contribution in [0.15, 0.2) is 46.2 Å². The number of aliphatic carboxylic acids is 1. The number of allylic oxidation sites excluding steroid dienone is 4. The maximum absolute atomic E-state index is 15.1. The molecule has 1 saturated heterocycles. The number of aliphatic hydroxyl groups excluding tert-OH is 1. The van der Waals surface area contributed by atoms with Crippen LogP contribution in [0, 0.1) is 11.8 Å². The summed E-state index contributed by atoms with van der Waals surface area (Å²) in [5.41, 5.74) is 9.69. The lowest BCUT2D eigenvalue weighted by Crippen LogP contribution is -2.37. The lowest BCUT2D eigenvalue weighted by atomic mass is 9.92. The molecule has 7 heteroatoms. The maximum Gasteiger partial charge on any atom is 0.333 e. The topological polar surface area (TPSA) is 90.0 Å². The monoisotopic (exact) mass is 375 g/mol. The lowest BCUT2D eigenvalue weighted by Gasteiger charge is -2.37. The number of hydrogen-bond acceptors (Lipinski definition) is 5. The van der Waals surface area contributed by atoms with E-state index in [1.165, 1.54) is 6.20 Å². The van der Waals surface area contributed by atoms with Crippen LogP contribution in [-0.4, -0.2) is 58.3 Å². The van der Waals surface area contributed by atoms with E-state index < -0.39 is 5.97 Å². The fourth-order valence-electron chi connectivity index (χ4n) is 4.47. The van der Waals surface area contributed by atoms with Gasteiger partial charge in [0.05, 0.1) is 24.4 Å². The number of likely N-dealkylation sites (tertiary alicyclic amines) is 1. The summed E-state index contributed by atoms with van der Waals surface area (Å²) in [6.07, 6.45) is 6.14. The van der Waals surface area contributed by atoms with Crippen molar-refractivity contribution in [2.45, 2.75) is 32.2 Å². The zero-order valence-corrected chi connectivity index (χ0v) is 15.5. The summed E-state index contributed by atoms with van der Waals surface area (Å²) in [4.78, 5) is 15.3. The van der Waals surface area contributed by atoms with E-state index >= 15 is 4.39 Å². The van der Waals surface area contributed by atoms with Gasteiger partial charge >= 0.3 is 5.97 Å². The Hall–Kier alpha value is -2.12. The number of halogens is 1. The standard InChI is InChI=1S/C20H26FN3O3/c1-11-18-15(12-2-3-12)6-14(20(26)27)8-24(18)9-16(21)19(11)23-5-4-13(7-23)17(22)10-25/h6,9,12-13,17,25H,2-5,7-8,10,22H2,1H3,(H,26,27). The molecule has 0 amide bonds. The van der Waals surface area contributed by atoms with Crippen LogP contribution in [0.1, 0.15) is 26.2 Å². The number of nitrogens with two attached hydrogens (primary N) is 1. The summed E-state index contributed by atoms with van der Waals surface area (Å²) in [7, 11) is 0. The van der Waals surface area contributed by atoms with Crippen LogP contribution in [0.3, 0.4) is 0 Å². The van der Waals surface area contributed by atoms with E-state index in [-0.39, 0.29) is 30.9 Å². The van der Waals surface area contributed by atoms with Crippen molar-refractivity contribution in [1.29, 1.82) is 0 Å². The molecule has 2 fully saturated rings. The van der Waals surface area contributed by atoms with Crippen molar-refractivity contribution >= 4 is 5.97 Å². The molecular weight excluding hydrogens is 349 g/mol. The van der Waals surface area contributed by atoms with Gasteiger partial charge < -0.3 is 25.7 Å². The second kappa shape index (κ2) is 6.80. The van der Waals surface area contributed by atoms with Gasteiger partial charge in [0.2, 0.25) is 0 Å². The van der Waals surface area contributed by atoms with Gasteiger partial charge in [-0.1, -0.05) is 0 Å². The molecular formula is C20H26FN3O3. The van der Waals surface area contributed by atoms with Gasteiger partial charge in [-0.2, -0.15) is 0 Å². The molecule has 2 unspecified atom stereocenters. The minimum atomic E-state index is -0.950. The summed E-state index contributed by atoms with van der Waals surface area (Å²) >= 11 is 0. The number of carbonyl (C=O) groups is 1. The Balaban J connectivity index is 1.72. The Morgan fingerprint density at radius 3 is 2.74 bits per heavy atom. The molecule has 3 heterocycles. The molecule has 0 aromatic heterocycles. The first kappa shape index (κ1) is 18.3. The fraction of sp³-hybridized carbons (Fsp3) is 0.550. The second-order valence-corrected chi connectivity index (χ2v) is 7.97. The molecule has 4 N–H and O–H groups in total. The Morgan fingerprint density at radius 1 is 1.37 bits per heavy atom. The quantitative estimate of drug-likeness (QED) is 0.678. The second-order valence-electron chi connectivity index (χ2n) is 7.97. The van der Waals surface area contributed by atoms with Crippen molar-refractivity contribution in [1.82, 2.24) is 9.80 Å². The highest BCUT2D eigenvalue weighted by atomic mass is 19.1. The maximum atomic E-state index is 15.1. The molecule has 0 aromatic carbocycles. The summed E-state index contributed by atoms with van der Waals surface area (Å²) in [6.45, 7) is 3.36. The first-order valence-corrected chi connectivity index (χ1v) is 9.55. The highest BCUT2D eigenvalue weighted by molar-refractivity contribution is 5.88. The van der Waals surface area contributed by atoms with Crippen molar-refractivity contribution in [2.24, 2.45) is 17.6 Å². The molecule has 146 valence electrons. The summed E-state index contributed by atoms with van der Waals surface area (Å²) < 4.78 is 15.1. The molecule has 1 saturated carbocycles. The fourth-order valence-corrected chi connectivity index (χ4v) is 4.47. The number of nitrogens with zero attached hydrogens (tertiary/aromatic N) is 2. The van der Waals surface area contributed by atoms with Crippen molar-refractivity contribution in [3.05, 3.63) is 46.2 Å². The highest BCUT2D eigenvalue weighted by Crippen LogP contribution is 2.46. The Bertz CT molecular complexity index is 794. The summed E-state index contributed by atoms with van der Waals surface area (Å²) in [5, 5.41) is 18.7. The SMILES string of the molecule is CC1=C(N2CCC(C(N)CO)C2)C(F)=CN2CC(C(=O)O)=CC(C3CC3)=C12. The molecule has 6 nitrogen and oxygen atoms in total. The number of carboxylic acid groups (broad SMARTS) is 1. The summed E-state index contributed by atoms with van der Waals surface area (Å²) in [6, 6.07) is -0.292. The normalized spacial score (nSPS) is 26.9. The van der Waals surface area contributed by atoms with Crippen molar-refractivity contribution in [3.8, 4) is 0 Å². The third-order valence-corrected chi connectivity index (χ3v) is 6.09. The molecule has 4 rings (SSSR count). The van der Waals surface area contributed by atoms with Crippen LogP contribution >= 0.6 is 0 Å². The number of aliphatic hydroxyl groups is 1. The van der Waals surface area contributed by atoms with Crippen molar-refractivity contribution in [3.63, 3.8) is 0 Å². The first-order chi connectivity index (χ1) is 12.9. The van der Waals surface area contributed by atoms with E-state index in [1.54, 1.807) is 11.0 Å². The zero-order valence-electron chi connectivity index (χ0n) is 15.5. The predicted octanol–water partition coefficient (Wildman–Crippen LogP) is 1.72. The van der Waals surface area contributed by atoms with E-state index in [2.05, 4.69) is 0 Å². The van der Waals surface area contributed by atoms with E-state index in [4.69, 9.17) is 5.73 Å². The van der Waals surface area contributed by atoms with Gasteiger partial charge in [-0.25, -0.2) is 9.18 Å². The molecule has 4 aliphatic rings. The minimum absolute atomic E-state index is 0.0671. The molecule has 3 aliphatic heterocycles. The molecule has 0 bridgehead atoms. The zero-order chi connectivity index (χ0) is 19.3. The van der Waals surface area contributed by atoms with Crippen molar-refractivity contribution in [2.75, 3.05) is 26.2 Å². The number of hydrogen-bond donors (Lipinski definition) is 3. The predicted molar refractivity (Wildman–Crippen MR) is 98.8 cm³/mol. The van der Waals surface area contributed by atoms with Gasteiger partial charge in [-0.05, 0) is 55.2 Å². The number of fused-ring (bicyclic) bond motifs is 1. The minimum Gasteiger partial charge on any atom is -0.478 e. The van der Waals surface area contributed by atoms with Gasteiger partial charge in [-0.3, -0.25) is 0 Å². The number of rotatable bonds is 5. The van der Waals surface area contributed by atoms with Crippen molar-refractivity contribution < 1.29 is 19.4 Å². The largest absolute Gasteiger partial charge is 0.478 e. The third-order valence-electron chi connectivity index (χ3n) is 6.09. The van der Waals surface area contributed by atoms with Gasteiger partial charge in [0.25, 0.3) is 0 Å². The van der Waals surface area contributed by atoms with Crippen LogP contribution in [0.2, 0.25) is 0 Å². The van der Waals surface area contributed by atoms with Crippen LogP contribution in [0.5, 0.6) is 0 Å². The van der Waals surface area contributed by atoms with Gasteiger partial charge in [-0.15, -0.1) is 0 Å². The molecule has 1 aliphatic carbocycles. The van der Waals surface area contributed by atoms with Crippen LogP contribution < -0.4 is 5.73 Å². The average molecular weight is 375 g/mol. The van der Waals surface area contributed by atoms with Crippen LogP contribution in [-0.2, 0) is 4.79 Å². The smallest absolute Gasteiger partial charge is 0.333 e. The lowest BCUT2D eigenvalue weighted by molar-refractivity contribution is -0.132. The summed E-state index contributed by atoms with van der Waals surface area (Å²) in [5.74, 6) is -0.787. The molecule has 0 spiro atoms. The van der Waals surface area contributed by atoms with E-state index in [0.717, 1.165) is 36.1 Å². The Kier molecular flexibility index (Phi) is 4.60. The highest BCUT2D eigenvalue weighted by Gasteiger charge is 2.38. The molecule has 0 radical (unpaired) electrons. The van der Waals surface area contributed by atoms with Gasteiger partial charge in [0.1, 0.15) is 0 Å². The van der Waals surface area contributed by atoms with Crippen LogP contribution in [0.4, 0.5) is 4.39 Å². The van der Waals surface area contributed by atoms with E-state index in [1.807, 2.05) is 11.8 Å². The van der Waals surface area contributed by atoms with E-state index in [9.17, 15) is 15.0 Å². The molecule has 2 atom stereocenters. The Morgan fingerprint density at radius 2 is 2.11 bits per heavy atom. The van der Waals surface area contributed by atoms with E-state index in [0.29, 0.717) is 30.3 Å². The average Bonchev–Trinajstić information content (AvgIpc) is 3.38.